The number of rotatable bonds is 6. The lowest BCUT2D eigenvalue weighted by molar-refractivity contribution is 0.0599. The number of carbonyl (C=O) groups is 2. The van der Waals surface area contributed by atoms with Gasteiger partial charge in [0.2, 0.25) is 0 Å². The van der Waals surface area contributed by atoms with Crippen LogP contribution in [0.2, 0.25) is 0 Å². The van der Waals surface area contributed by atoms with Crippen LogP contribution in [0.5, 0.6) is 5.75 Å². The van der Waals surface area contributed by atoms with Crippen LogP contribution >= 0.6 is 0 Å². The lowest BCUT2D eigenvalue weighted by Gasteiger charge is -2.31. The number of para-hydroxylation sites is 1. The van der Waals surface area contributed by atoms with E-state index in [0.717, 1.165) is 37.0 Å². The molecule has 28 heavy (non-hydrogen) atoms. The third kappa shape index (κ3) is 3.51. The molecule has 0 aliphatic heterocycles. The topological polar surface area (TPSA) is 80.4 Å². The molecule has 0 saturated heterocycles. The van der Waals surface area contributed by atoms with Crippen molar-refractivity contribution in [1.82, 2.24) is 10.3 Å². The van der Waals surface area contributed by atoms with Gasteiger partial charge in [0.25, 0.3) is 5.91 Å². The lowest BCUT2D eigenvalue weighted by Crippen LogP contribution is -2.39. The molecule has 2 aromatic rings. The van der Waals surface area contributed by atoms with Crippen molar-refractivity contribution in [2.24, 2.45) is 0 Å². The third-order valence-electron chi connectivity index (χ3n) is 5.88. The molecular weight excluding hydrogens is 356 g/mol. The summed E-state index contributed by atoms with van der Waals surface area (Å²) < 4.78 is 10.4. The van der Waals surface area contributed by atoms with Crippen LogP contribution in [0.4, 0.5) is 0 Å². The molecule has 3 rings (SSSR count). The van der Waals surface area contributed by atoms with Crippen LogP contribution in [-0.4, -0.2) is 37.6 Å². The first-order valence-electron chi connectivity index (χ1n) is 9.62. The Bertz CT molecular complexity index is 879. The molecule has 2 N–H and O–H groups in total. The van der Waals surface area contributed by atoms with E-state index in [1.165, 1.54) is 7.11 Å². The molecule has 1 aromatic carbocycles. The number of methoxy groups -OCH3 is 2. The molecule has 0 radical (unpaired) electrons. The van der Waals surface area contributed by atoms with Gasteiger partial charge in [-0.3, -0.25) is 4.79 Å². The van der Waals surface area contributed by atoms with Crippen molar-refractivity contribution in [2.45, 2.75) is 44.9 Å². The molecule has 1 aromatic heterocycles. The number of ether oxygens (including phenoxy) is 2. The molecule has 1 heterocycles. The Morgan fingerprint density at radius 2 is 1.82 bits per heavy atom. The second-order valence-electron chi connectivity index (χ2n) is 7.49. The summed E-state index contributed by atoms with van der Waals surface area (Å²) in [6, 6.07) is 8.04. The van der Waals surface area contributed by atoms with Crippen LogP contribution < -0.4 is 10.1 Å². The van der Waals surface area contributed by atoms with Gasteiger partial charge in [-0.05, 0) is 38.3 Å². The average molecular weight is 384 g/mol. The first-order valence-corrected chi connectivity index (χ1v) is 9.62. The molecule has 150 valence electrons. The van der Waals surface area contributed by atoms with Gasteiger partial charge in [0.1, 0.15) is 11.4 Å². The van der Waals surface area contributed by atoms with E-state index in [2.05, 4.69) is 16.4 Å². The minimum absolute atomic E-state index is 0.136. The number of carbonyl (C=O) groups excluding carboxylic acids is 2. The van der Waals surface area contributed by atoms with Crippen LogP contribution in [0.1, 0.15) is 63.4 Å². The van der Waals surface area contributed by atoms with Gasteiger partial charge in [0.05, 0.1) is 19.8 Å². The normalized spacial score (nSPS) is 15.3. The van der Waals surface area contributed by atoms with Crippen molar-refractivity contribution < 1.29 is 19.1 Å². The average Bonchev–Trinajstić information content (AvgIpc) is 3.30. The molecule has 0 atom stereocenters. The highest BCUT2D eigenvalue weighted by molar-refractivity contribution is 6.00. The molecule has 6 heteroatoms. The van der Waals surface area contributed by atoms with Crippen molar-refractivity contribution in [2.75, 3.05) is 20.8 Å². The Morgan fingerprint density at radius 3 is 2.46 bits per heavy atom. The minimum Gasteiger partial charge on any atom is -0.496 e. The van der Waals surface area contributed by atoms with Crippen molar-refractivity contribution >= 4 is 11.9 Å². The Kier molecular flexibility index (Phi) is 5.77. The largest absolute Gasteiger partial charge is 0.496 e. The van der Waals surface area contributed by atoms with Crippen molar-refractivity contribution in [3.8, 4) is 5.75 Å². The van der Waals surface area contributed by atoms with Crippen LogP contribution in [0, 0.1) is 13.8 Å². The maximum absolute atomic E-state index is 12.9. The van der Waals surface area contributed by atoms with Crippen molar-refractivity contribution in [1.29, 1.82) is 0 Å². The highest BCUT2D eigenvalue weighted by Gasteiger charge is 2.38. The number of hydrogen-bond acceptors (Lipinski definition) is 4. The first kappa shape index (κ1) is 20.0. The highest BCUT2D eigenvalue weighted by Crippen LogP contribution is 2.44. The van der Waals surface area contributed by atoms with Gasteiger partial charge in [-0.1, -0.05) is 31.0 Å². The molecule has 0 spiro atoms. The van der Waals surface area contributed by atoms with E-state index in [4.69, 9.17) is 9.47 Å². The predicted octanol–water partition coefficient (Wildman–Crippen LogP) is 3.67. The van der Waals surface area contributed by atoms with Gasteiger partial charge in [-0.15, -0.1) is 0 Å². The van der Waals surface area contributed by atoms with E-state index in [1.54, 1.807) is 21.0 Å². The van der Waals surface area contributed by atoms with Gasteiger partial charge < -0.3 is 19.8 Å². The fourth-order valence-electron chi connectivity index (χ4n) is 4.40. The summed E-state index contributed by atoms with van der Waals surface area (Å²) in [5.74, 6) is 0.210. The fourth-order valence-corrected chi connectivity index (χ4v) is 4.40. The number of aryl methyl sites for hydroxylation is 1. The fraction of sp³-hybridized carbons (Fsp3) is 0.455. The summed E-state index contributed by atoms with van der Waals surface area (Å²) in [5, 5.41) is 3.09. The summed E-state index contributed by atoms with van der Waals surface area (Å²) in [4.78, 5) is 27.9. The zero-order valence-electron chi connectivity index (χ0n) is 17.0. The predicted molar refractivity (Wildman–Crippen MR) is 107 cm³/mol. The molecule has 1 fully saturated rings. The van der Waals surface area contributed by atoms with Crippen LogP contribution in [0.15, 0.2) is 24.3 Å². The number of aromatic amines is 1. The van der Waals surface area contributed by atoms with E-state index in [-0.39, 0.29) is 11.3 Å². The quantitative estimate of drug-likeness (QED) is 0.745. The molecule has 0 bridgehead atoms. The summed E-state index contributed by atoms with van der Waals surface area (Å²) in [6.07, 6.45) is 4.26. The Labute approximate surface area is 165 Å². The van der Waals surface area contributed by atoms with E-state index in [9.17, 15) is 9.59 Å². The van der Waals surface area contributed by atoms with Crippen LogP contribution in [0.3, 0.4) is 0 Å². The Balaban J connectivity index is 1.84. The second kappa shape index (κ2) is 8.09. The SMILES string of the molecule is COC(=O)c1c(C)[nH]c(C(=O)NCC2(c3ccccc3OC)CCCC2)c1C. The van der Waals surface area contributed by atoms with Gasteiger partial charge in [-0.2, -0.15) is 0 Å². The number of esters is 1. The summed E-state index contributed by atoms with van der Waals surface area (Å²) >= 11 is 0. The van der Waals surface area contributed by atoms with E-state index >= 15 is 0 Å². The number of H-pyrrole nitrogens is 1. The van der Waals surface area contributed by atoms with Gasteiger partial charge in [-0.25, -0.2) is 4.79 Å². The number of benzene rings is 1. The Hall–Kier alpha value is -2.76. The van der Waals surface area contributed by atoms with Crippen molar-refractivity contribution in [3.05, 3.63) is 52.3 Å². The number of hydrogen-bond donors (Lipinski definition) is 2. The second-order valence-corrected chi connectivity index (χ2v) is 7.49. The van der Waals surface area contributed by atoms with Gasteiger partial charge in [0, 0.05) is 23.2 Å². The van der Waals surface area contributed by atoms with Crippen LogP contribution in [0.25, 0.3) is 0 Å². The Morgan fingerprint density at radius 1 is 1.14 bits per heavy atom. The van der Waals surface area contributed by atoms with Crippen LogP contribution in [-0.2, 0) is 10.2 Å². The maximum atomic E-state index is 12.9. The van der Waals surface area contributed by atoms with E-state index in [0.29, 0.717) is 29.1 Å². The molecule has 1 aliphatic carbocycles. The van der Waals surface area contributed by atoms with Gasteiger partial charge in [0.15, 0.2) is 0 Å². The molecule has 1 amide bonds. The molecule has 6 nitrogen and oxygen atoms in total. The molecule has 1 aliphatic rings. The minimum atomic E-state index is -0.438. The zero-order chi connectivity index (χ0) is 20.3. The molecule has 1 saturated carbocycles. The smallest absolute Gasteiger partial charge is 0.339 e. The highest BCUT2D eigenvalue weighted by atomic mass is 16.5. The number of aromatic nitrogens is 1. The third-order valence-corrected chi connectivity index (χ3v) is 5.88. The standard InChI is InChI=1S/C22H28N2O4/c1-14-18(21(26)28-4)15(2)24-19(14)20(25)23-13-22(11-7-8-12-22)16-9-5-6-10-17(16)27-3/h5-6,9-10,24H,7-8,11-13H2,1-4H3,(H,23,25). The number of nitrogens with one attached hydrogen (secondary N) is 2. The summed E-state index contributed by atoms with van der Waals surface area (Å²) in [5.41, 5.74) is 3.08. The molecular formula is C22H28N2O4. The monoisotopic (exact) mass is 384 g/mol. The molecule has 0 unspecified atom stereocenters. The first-order chi connectivity index (χ1) is 13.4. The number of amides is 1. The van der Waals surface area contributed by atoms with Crippen molar-refractivity contribution in [3.63, 3.8) is 0 Å². The van der Waals surface area contributed by atoms with E-state index < -0.39 is 5.97 Å². The summed E-state index contributed by atoms with van der Waals surface area (Å²) in [6.45, 7) is 4.05. The van der Waals surface area contributed by atoms with Gasteiger partial charge >= 0.3 is 5.97 Å². The lowest BCUT2D eigenvalue weighted by atomic mass is 9.78. The zero-order valence-corrected chi connectivity index (χ0v) is 17.0. The van der Waals surface area contributed by atoms with E-state index in [1.807, 2.05) is 18.2 Å². The maximum Gasteiger partial charge on any atom is 0.339 e. The summed E-state index contributed by atoms with van der Waals surface area (Å²) in [7, 11) is 3.02.